The normalized spacial score (nSPS) is 13.4. The van der Waals surface area contributed by atoms with Gasteiger partial charge in [0.2, 0.25) is 0 Å². The number of aromatic hydroxyl groups is 2. The molecule has 2 aromatic carbocycles. The zero-order valence-electron chi connectivity index (χ0n) is 18.4. The predicted octanol–water partition coefficient (Wildman–Crippen LogP) is 5.41. The summed E-state index contributed by atoms with van der Waals surface area (Å²) in [6.45, 7) is 5.12. The Kier molecular flexibility index (Phi) is 13.2. The van der Waals surface area contributed by atoms with Crippen LogP contribution in [-0.4, -0.2) is 46.2 Å². The van der Waals surface area contributed by atoms with Gasteiger partial charge in [0.15, 0.2) is 0 Å². The number of thiol groups is 2. The molecule has 0 saturated carbocycles. The number of benzene rings is 2. The average Bonchev–Trinajstić information content (AvgIpc) is 2.72. The molecular weight excluding hydrogens is 478 g/mol. The molecule has 0 radical (unpaired) electrons. The van der Waals surface area contributed by atoms with Crippen molar-refractivity contribution in [1.82, 2.24) is 0 Å². The molecule has 2 aromatic rings. The van der Waals surface area contributed by atoms with E-state index < -0.39 is 0 Å². The van der Waals surface area contributed by atoms with Gasteiger partial charge in [0.25, 0.3) is 0 Å². The zero-order chi connectivity index (χ0) is 21.9. The molecule has 2 atom stereocenters. The second-order valence-electron chi connectivity index (χ2n) is 7.56. The second-order valence-corrected chi connectivity index (χ2v) is 9.02. The molecule has 4 nitrogen and oxygen atoms in total. The monoisotopic (exact) mass is 508 g/mol. The number of aryl methyl sites for hydroxylation is 2. The van der Waals surface area contributed by atoms with E-state index in [2.05, 4.69) is 35.2 Å². The SMILES string of the molecule is Cc1cccc(C=NCCC(S)CCC(S)CCN=Cc2cccc(C)c2O)c1O.[Zn+2]. The van der Waals surface area contributed by atoms with Crippen LogP contribution >= 0.6 is 25.3 Å². The first-order valence-electron chi connectivity index (χ1n) is 10.3. The molecule has 0 aliphatic carbocycles. The van der Waals surface area contributed by atoms with E-state index >= 15 is 0 Å². The van der Waals surface area contributed by atoms with Crippen molar-refractivity contribution in [3.05, 3.63) is 58.7 Å². The van der Waals surface area contributed by atoms with E-state index in [-0.39, 0.29) is 30.0 Å². The molecule has 0 fully saturated rings. The van der Waals surface area contributed by atoms with E-state index in [1.807, 2.05) is 50.2 Å². The van der Waals surface area contributed by atoms with Gasteiger partial charge in [-0.15, -0.1) is 0 Å². The summed E-state index contributed by atoms with van der Waals surface area (Å²) in [5, 5.41) is 20.5. The molecule has 0 aliphatic rings. The summed E-state index contributed by atoms with van der Waals surface area (Å²) in [5.74, 6) is 0.587. The molecule has 0 saturated heterocycles. The molecule has 2 N–H and O–H groups in total. The van der Waals surface area contributed by atoms with E-state index in [1.54, 1.807) is 12.4 Å². The summed E-state index contributed by atoms with van der Waals surface area (Å²) in [6.07, 6.45) is 7.19. The molecule has 7 heteroatoms. The molecule has 2 unspecified atom stereocenters. The minimum atomic E-state index is 0. The van der Waals surface area contributed by atoms with Gasteiger partial charge in [0.05, 0.1) is 0 Å². The van der Waals surface area contributed by atoms with Crippen molar-refractivity contribution < 1.29 is 29.7 Å². The fourth-order valence-corrected chi connectivity index (χ4v) is 3.55. The molecule has 31 heavy (non-hydrogen) atoms. The Morgan fingerprint density at radius 1 is 0.742 bits per heavy atom. The maximum Gasteiger partial charge on any atom is 2.00 e. The molecule has 2 rings (SSSR count). The van der Waals surface area contributed by atoms with E-state index in [0.717, 1.165) is 47.9 Å². The largest absolute Gasteiger partial charge is 2.00 e. The van der Waals surface area contributed by atoms with Gasteiger partial charge in [-0.05, 0) is 62.8 Å². The zero-order valence-corrected chi connectivity index (χ0v) is 23.2. The van der Waals surface area contributed by atoms with Crippen molar-refractivity contribution in [2.75, 3.05) is 13.1 Å². The van der Waals surface area contributed by atoms with Gasteiger partial charge in [-0.25, -0.2) is 0 Å². The second kappa shape index (κ2) is 14.7. The van der Waals surface area contributed by atoms with Crippen molar-refractivity contribution in [2.45, 2.75) is 50.0 Å². The van der Waals surface area contributed by atoms with Gasteiger partial charge in [-0.2, -0.15) is 25.3 Å². The van der Waals surface area contributed by atoms with Gasteiger partial charge in [0, 0.05) is 47.1 Å². The minimum Gasteiger partial charge on any atom is -0.507 e. The van der Waals surface area contributed by atoms with Crippen LogP contribution in [-0.2, 0) is 19.5 Å². The number of phenols is 2. The topological polar surface area (TPSA) is 65.2 Å². The van der Waals surface area contributed by atoms with Crippen LogP contribution in [0.4, 0.5) is 0 Å². The van der Waals surface area contributed by atoms with Crippen LogP contribution in [0.2, 0.25) is 0 Å². The smallest absolute Gasteiger partial charge is 0.507 e. The Labute approximate surface area is 209 Å². The first-order valence-corrected chi connectivity index (χ1v) is 11.3. The molecule has 0 aromatic heterocycles. The van der Waals surface area contributed by atoms with Crippen LogP contribution in [0.3, 0.4) is 0 Å². The fourth-order valence-electron chi connectivity index (χ4n) is 3.02. The quantitative estimate of drug-likeness (QED) is 0.186. The third kappa shape index (κ3) is 9.80. The van der Waals surface area contributed by atoms with E-state index in [9.17, 15) is 10.2 Å². The van der Waals surface area contributed by atoms with Gasteiger partial charge in [-0.1, -0.05) is 24.3 Å². The molecular formula is C24H32N2O2S2Zn+2. The predicted molar refractivity (Wildman–Crippen MR) is 135 cm³/mol. The Morgan fingerprint density at radius 3 is 1.52 bits per heavy atom. The maximum absolute atomic E-state index is 9.99. The van der Waals surface area contributed by atoms with Gasteiger partial charge >= 0.3 is 19.5 Å². The minimum absolute atomic E-state index is 0. The standard InChI is InChI=1S/C24H32N2O2S2.Zn/c1-17-5-3-7-19(23(17)27)15-25-13-11-21(29)9-10-22(30)12-14-26-16-20-8-4-6-18(2)24(20)28;/h3-8,15-16,21-22,27-30H,9-14H2,1-2H3;/q;+2. The van der Waals surface area contributed by atoms with Crippen molar-refractivity contribution >= 4 is 37.7 Å². The Hall–Kier alpha value is -1.30. The molecule has 0 amide bonds. The summed E-state index contributed by atoms with van der Waals surface area (Å²) < 4.78 is 0. The van der Waals surface area contributed by atoms with E-state index in [0.29, 0.717) is 24.6 Å². The first-order chi connectivity index (χ1) is 14.4. The number of para-hydroxylation sites is 2. The molecule has 0 heterocycles. The van der Waals surface area contributed by atoms with Crippen LogP contribution in [0.15, 0.2) is 46.4 Å². The summed E-state index contributed by atoms with van der Waals surface area (Å²) >= 11 is 9.33. The molecule has 0 bridgehead atoms. The maximum atomic E-state index is 9.99. The van der Waals surface area contributed by atoms with Crippen LogP contribution < -0.4 is 0 Å². The van der Waals surface area contributed by atoms with Crippen molar-refractivity contribution in [1.29, 1.82) is 0 Å². The molecule has 0 spiro atoms. The van der Waals surface area contributed by atoms with E-state index in [4.69, 9.17) is 0 Å². The van der Waals surface area contributed by atoms with Crippen molar-refractivity contribution in [3.8, 4) is 11.5 Å². The average molecular weight is 510 g/mol. The summed E-state index contributed by atoms with van der Waals surface area (Å²) in [5.41, 5.74) is 3.21. The summed E-state index contributed by atoms with van der Waals surface area (Å²) in [7, 11) is 0. The molecule has 162 valence electrons. The Bertz CT molecular complexity index is 803. The summed E-state index contributed by atoms with van der Waals surface area (Å²) in [4.78, 5) is 8.84. The number of nitrogens with zero attached hydrogens (tertiary/aromatic N) is 2. The van der Waals surface area contributed by atoms with Crippen LogP contribution in [0.1, 0.15) is 47.9 Å². The first kappa shape index (κ1) is 27.7. The van der Waals surface area contributed by atoms with Gasteiger partial charge in [0.1, 0.15) is 11.5 Å². The number of phenolic OH excluding ortho intramolecular Hbond substituents is 2. The van der Waals surface area contributed by atoms with Crippen molar-refractivity contribution in [2.24, 2.45) is 9.98 Å². The number of hydrogen-bond acceptors (Lipinski definition) is 6. The van der Waals surface area contributed by atoms with Crippen LogP contribution in [0.25, 0.3) is 0 Å². The van der Waals surface area contributed by atoms with Crippen LogP contribution in [0.5, 0.6) is 11.5 Å². The summed E-state index contributed by atoms with van der Waals surface area (Å²) in [6, 6.07) is 11.3. The van der Waals surface area contributed by atoms with E-state index in [1.165, 1.54) is 0 Å². The number of rotatable bonds is 11. The van der Waals surface area contributed by atoms with Crippen molar-refractivity contribution in [3.63, 3.8) is 0 Å². The number of hydrogen-bond donors (Lipinski definition) is 4. The van der Waals surface area contributed by atoms with Crippen LogP contribution in [0, 0.1) is 13.8 Å². The van der Waals surface area contributed by atoms with Gasteiger partial charge in [-0.3, -0.25) is 9.98 Å². The third-order valence-electron chi connectivity index (χ3n) is 5.01. The number of aliphatic imine (C=N–C) groups is 2. The fraction of sp³-hybridized carbons (Fsp3) is 0.417. The third-order valence-corrected chi connectivity index (χ3v) is 6.05. The Balaban J connectivity index is 0.00000480. The Morgan fingerprint density at radius 2 is 1.13 bits per heavy atom. The molecule has 0 aliphatic heterocycles. The van der Waals surface area contributed by atoms with Gasteiger partial charge < -0.3 is 10.2 Å².